The number of nitro groups is 2. The summed E-state index contributed by atoms with van der Waals surface area (Å²) in [6.07, 6.45) is 0. The summed E-state index contributed by atoms with van der Waals surface area (Å²) in [4.78, 5) is 35.2. The van der Waals surface area contributed by atoms with Gasteiger partial charge in [0, 0.05) is 0 Å². The van der Waals surface area contributed by atoms with Gasteiger partial charge in [-0.25, -0.2) is 0 Å². The quantitative estimate of drug-likeness (QED) is 0.136. The Bertz CT molecular complexity index is 869. The standard InChI is InChI=1S/C6H3N3O8.2N3.Pb/c10-5-2(7(12)13)1-3(8(14)15)6(11)4(5)9(16)17;2*1-3-2;/h1,10-11H;;;/q;2*-1;+4/p-2. The van der Waals surface area contributed by atoms with Crippen molar-refractivity contribution in [3.63, 3.8) is 0 Å². The topological polar surface area (TPSA) is 245 Å². The molecule has 0 unspecified atom stereocenters. The molecule has 0 N–H and O–H groups in total. The molecular formula is C6HN9O8Pb. The summed E-state index contributed by atoms with van der Waals surface area (Å²) in [5.74, 6) is -2.56. The molecule has 0 spiro atoms. The molecule has 18 heteroatoms. The molecular weight excluding hydrogens is 533 g/mol. The predicted octanol–water partition coefficient (Wildman–Crippen LogP) is 1.37. The first-order chi connectivity index (χ1) is 11.3. The average Bonchev–Trinajstić information content (AvgIpc) is 2.46. The Labute approximate surface area is 134 Å². The predicted molar refractivity (Wildman–Crippen MR) is 68.2 cm³/mol. The van der Waals surface area contributed by atoms with E-state index in [0.717, 1.165) is 0 Å². The second-order valence-corrected chi connectivity index (χ2v) is 11.1. The van der Waals surface area contributed by atoms with Crippen LogP contribution in [0.15, 0.2) is 11.9 Å². The normalized spacial score (nSPS) is 18.1. The molecule has 0 bridgehead atoms. The van der Waals surface area contributed by atoms with Gasteiger partial charge in [0.2, 0.25) is 0 Å². The van der Waals surface area contributed by atoms with E-state index in [4.69, 9.17) is 13.7 Å². The molecule has 1 aromatic rings. The third-order valence-electron chi connectivity index (χ3n) is 2.52. The van der Waals surface area contributed by atoms with Crippen molar-refractivity contribution in [3.8, 4) is 11.5 Å². The zero-order valence-electron chi connectivity index (χ0n) is 10.9. The summed E-state index contributed by atoms with van der Waals surface area (Å²) < 4.78 is 15.4. The van der Waals surface area contributed by atoms with Crippen LogP contribution in [0.25, 0.3) is 20.9 Å². The van der Waals surface area contributed by atoms with Crippen molar-refractivity contribution < 1.29 is 25.4 Å². The van der Waals surface area contributed by atoms with Crippen molar-refractivity contribution in [2.75, 3.05) is 0 Å². The van der Waals surface area contributed by atoms with Crippen LogP contribution >= 0.6 is 0 Å². The molecule has 0 atom stereocenters. The molecule has 17 nitrogen and oxygen atoms in total. The Morgan fingerprint density at radius 1 is 1.17 bits per heavy atom. The van der Waals surface area contributed by atoms with Crippen LogP contribution in [0.2, 0.25) is 0 Å². The third kappa shape index (κ3) is 2.64. The van der Waals surface area contributed by atoms with Gasteiger partial charge in [0.05, 0.1) is 0 Å². The first-order valence-electron chi connectivity index (χ1n) is 5.41. The minimum atomic E-state index is -5.74. The fourth-order valence-electron chi connectivity index (χ4n) is 1.66. The molecule has 0 radical (unpaired) electrons. The van der Waals surface area contributed by atoms with Crippen LogP contribution in [-0.4, -0.2) is 37.4 Å². The van der Waals surface area contributed by atoms with Gasteiger partial charge in [0.1, 0.15) is 0 Å². The van der Waals surface area contributed by atoms with Crippen LogP contribution in [0, 0.1) is 25.1 Å². The first-order valence-corrected chi connectivity index (χ1v) is 12.1. The van der Waals surface area contributed by atoms with Gasteiger partial charge in [-0.2, -0.15) is 0 Å². The van der Waals surface area contributed by atoms with Gasteiger partial charge in [-0.05, 0) is 0 Å². The number of nitrogens with zero attached hydrogens (tertiary/aromatic N) is 9. The Morgan fingerprint density at radius 2 is 1.71 bits per heavy atom. The number of rotatable bonds is 4. The summed E-state index contributed by atoms with van der Waals surface area (Å²) in [6.45, 7) is 0. The van der Waals surface area contributed by atoms with Crippen LogP contribution in [0.3, 0.4) is 0 Å². The van der Waals surface area contributed by atoms with Crippen LogP contribution in [-0.2, 0) is 2.79 Å². The third-order valence-corrected chi connectivity index (χ3v) is 8.58. The van der Waals surface area contributed by atoms with Gasteiger partial charge in [-0.1, -0.05) is 0 Å². The Morgan fingerprint density at radius 3 is 2.17 bits per heavy atom. The molecule has 0 amide bonds. The SMILES string of the molecule is [N-]=[N+]=[N][Pb]1([N]=[N+]=[N-])[O]c2c([N+](=O)[O-])cc([N+](=O)[O-])c([O-])c2[N+](=O)[O]1. The number of fused-ring (bicyclic) bond motifs is 1. The van der Waals surface area contributed by atoms with E-state index < -0.39 is 66.0 Å². The second kappa shape index (κ2) is 5.98. The van der Waals surface area contributed by atoms with E-state index in [1.165, 1.54) is 0 Å². The first kappa shape index (κ1) is 16.9. The fraction of sp³-hybridized carbons (Fsp3) is 0. The van der Waals surface area contributed by atoms with Gasteiger partial charge in [0.15, 0.2) is 0 Å². The molecule has 0 fully saturated rings. The van der Waals surface area contributed by atoms with Crippen LogP contribution in [0.1, 0.15) is 0 Å². The second-order valence-electron chi connectivity index (χ2n) is 3.81. The zero-order chi connectivity index (χ0) is 18.1. The summed E-state index contributed by atoms with van der Waals surface area (Å²) >= 11 is -5.74. The van der Waals surface area contributed by atoms with Gasteiger partial charge >= 0.3 is 135 Å². The van der Waals surface area contributed by atoms with E-state index in [0.29, 0.717) is 0 Å². The Balaban J connectivity index is 2.86. The molecule has 0 saturated heterocycles. The van der Waals surface area contributed by atoms with Crippen molar-refractivity contribution in [1.82, 2.24) is 0 Å². The summed E-state index contributed by atoms with van der Waals surface area (Å²) in [7, 11) is 0. The van der Waals surface area contributed by atoms with Crippen molar-refractivity contribution in [2.24, 2.45) is 5.85 Å². The van der Waals surface area contributed by atoms with E-state index in [2.05, 4.69) is 18.5 Å². The molecule has 0 aliphatic carbocycles. The monoisotopic (exact) mass is 535 g/mol. The molecule has 122 valence electrons. The maximum absolute atomic E-state index is 11.9. The van der Waals surface area contributed by atoms with Crippen LogP contribution in [0.4, 0.5) is 17.1 Å². The molecule has 1 aliphatic heterocycles. The summed E-state index contributed by atoms with van der Waals surface area (Å²) in [5.41, 5.74) is 13.3. The van der Waals surface area contributed by atoms with Gasteiger partial charge in [-0.15, -0.1) is 0 Å². The summed E-state index contributed by atoms with van der Waals surface area (Å²) in [6, 6.07) is 0.269. The number of azide groups is 1. The average molecular weight is 534 g/mol. The zero-order valence-corrected chi connectivity index (χ0v) is 14.8. The van der Waals surface area contributed by atoms with Crippen molar-refractivity contribution >= 4 is 39.7 Å². The number of benzene rings is 1. The van der Waals surface area contributed by atoms with E-state index >= 15 is 0 Å². The van der Waals surface area contributed by atoms with Gasteiger partial charge in [-0.3, -0.25) is 0 Å². The Hall–Kier alpha value is -3.44. The van der Waals surface area contributed by atoms with Gasteiger partial charge in [0.25, 0.3) is 0 Å². The molecule has 1 aromatic carbocycles. The van der Waals surface area contributed by atoms with E-state index in [9.17, 15) is 30.2 Å². The van der Waals surface area contributed by atoms with Crippen molar-refractivity contribution in [1.29, 1.82) is 0 Å². The van der Waals surface area contributed by atoms with E-state index in [-0.39, 0.29) is 6.07 Å². The van der Waals surface area contributed by atoms with E-state index in [1.807, 2.05) is 0 Å². The van der Waals surface area contributed by atoms with Gasteiger partial charge < -0.3 is 0 Å². The van der Waals surface area contributed by atoms with Crippen molar-refractivity contribution in [2.45, 2.75) is 0 Å². The van der Waals surface area contributed by atoms with Crippen LogP contribution in [0.5, 0.6) is 11.5 Å². The molecule has 1 aliphatic rings. The number of hydrogen-bond acceptors (Lipinski definition) is 10. The maximum atomic E-state index is 11.9. The molecule has 0 saturated carbocycles. The molecule has 24 heavy (non-hydrogen) atoms. The number of hydrogen-bond donors (Lipinski definition) is 0. The minimum absolute atomic E-state index is 0.269. The molecule has 0 aromatic heterocycles. The fourth-order valence-corrected chi connectivity index (χ4v) is 6.45. The number of nitro benzene ring substituents is 2. The summed E-state index contributed by atoms with van der Waals surface area (Å²) in [5, 5.41) is 33.8. The molecule has 2 rings (SSSR count). The Kier molecular flexibility index (Phi) is 4.22. The molecule has 1 heterocycles. The van der Waals surface area contributed by atoms with Crippen molar-refractivity contribution in [3.05, 3.63) is 52.1 Å². The van der Waals surface area contributed by atoms with E-state index in [1.54, 1.807) is 0 Å². The van der Waals surface area contributed by atoms with Crippen LogP contribution < -0.4 is 7.79 Å².